The van der Waals surface area contributed by atoms with Gasteiger partial charge in [-0.3, -0.25) is 0 Å². The number of thioether (sulfide) groups is 1. The molecule has 0 atom stereocenters. The van der Waals surface area contributed by atoms with E-state index in [4.69, 9.17) is 0 Å². The lowest BCUT2D eigenvalue weighted by atomic mass is 10.3. The Balaban J connectivity index is 2.40. The molecule has 0 unspecified atom stereocenters. The van der Waals surface area contributed by atoms with Gasteiger partial charge in [0.05, 0.1) is 6.61 Å². The number of rotatable bonds is 5. The summed E-state index contributed by atoms with van der Waals surface area (Å²) in [7, 11) is 0. The zero-order valence-corrected chi connectivity index (χ0v) is 10.1. The Morgan fingerprint density at radius 1 is 1.41 bits per heavy atom. The predicted molar refractivity (Wildman–Crippen MR) is 62.9 cm³/mol. The van der Waals surface area contributed by atoms with Crippen molar-refractivity contribution in [2.75, 3.05) is 12.4 Å². The lowest BCUT2D eigenvalue weighted by Gasteiger charge is -1.99. The minimum absolute atomic E-state index is 0.333. The summed E-state index contributed by atoms with van der Waals surface area (Å²) in [4.78, 5) is 11.5. The first-order valence-electron chi connectivity index (χ1n) is 5.04. The Kier molecular flexibility index (Phi) is 5.69. The van der Waals surface area contributed by atoms with Crippen molar-refractivity contribution in [1.29, 1.82) is 0 Å². The van der Waals surface area contributed by atoms with Gasteiger partial charge in [0.15, 0.2) is 11.6 Å². The summed E-state index contributed by atoms with van der Waals surface area (Å²) >= 11 is 1.30. The predicted octanol–water partition coefficient (Wildman–Crippen LogP) is 3.18. The number of benzene rings is 1. The Morgan fingerprint density at radius 3 is 2.82 bits per heavy atom. The van der Waals surface area contributed by atoms with Crippen LogP contribution in [0.2, 0.25) is 0 Å². The fourth-order valence-corrected chi connectivity index (χ4v) is 1.78. The van der Waals surface area contributed by atoms with Crippen molar-refractivity contribution in [2.24, 2.45) is 0 Å². The molecule has 0 spiro atoms. The molecule has 0 saturated heterocycles. The Hall–Kier alpha value is -1.36. The number of esters is 1. The normalized spacial score (nSPS) is 10.8. The Labute approximate surface area is 103 Å². The molecule has 0 aromatic heterocycles. The van der Waals surface area contributed by atoms with Crippen LogP contribution in [0.5, 0.6) is 0 Å². The van der Waals surface area contributed by atoms with Crippen molar-refractivity contribution < 1.29 is 18.3 Å². The first kappa shape index (κ1) is 13.7. The molecular weight excluding hydrogens is 246 g/mol. The third-order valence-corrected chi connectivity index (χ3v) is 2.72. The molecule has 0 aliphatic rings. The van der Waals surface area contributed by atoms with E-state index in [0.717, 1.165) is 12.1 Å². The summed E-state index contributed by atoms with van der Waals surface area (Å²) in [5.74, 6) is -1.65. The second-order valence-electron chi connectivity index (χ2n) is 3.04. The summed E-state index contributed by atoms with van der Waals surface area (Å²) in [5, 5.41) is 0. The van der Waals surface area contributed by atoms with Crippen LogP contribution in [-0.2, 0) is 9.53 Å². The van der Waals surface area contributed by atoms with Crippen molar-refractivity contribution in [3.8, 4) is 0 Å². The molecule has 1 aromatic rings. The zero-order valence-electron chi connectivity index (χ0n) is 9.28. The van der Waals surface area contributed by atoms with Crippen LogP contribution < -0.4 is 0 Å². The van der Waals surface area contributed by atoms with Crippen LogP contribution in [0, 0.1) is 11.6 Å². The first-order valence-corrected chi connectivity index (χ1v) is 6.03. The van der Waals surface area contributed by atoms with Crippen LogP contribution in [0.25, 0.3) is 0 Å². The van der Waals surface area contributed by atoms with Gasteiger partial charge in [0, 0.05) is 16.7 Å². The van der Waals surface area contributed by atoms with Crippen LogP contribution in [0.1, 0.15) is 6.92 Å². The molecule has 5 heteroatoms. The maximum absolute atomic E-state index is 12.8. The molecule has 0 N–H and O–H groups in total. The lowest BCUT2D eigenvalue weighted by molar-refractivity contribution is -0.137. The quantitative estimate of drug-likeness (QED) is 0.461. The molecule has 0 saturated carbocycles. The van der Waals surface area contributed by atoms with Crippen LogP contribution in [0.4, 0.5) is 8.78 Å². The van der Waals surface area contributed by atoms with Crippen molar-refractivity contribution in [1.82, 2.24) is 0 Å². The monoisotopic (exact) mass is 258 g/mol. The van der Waals surface area contributed by atoms with Crippen molar-refractivity contribution in [2.45, 2.75) is 11.8 Å². The van der Waals surface area contributed by atoms with E-state index < -0.39 is 17.6 Å². The van der Waals surface area contributed by atoms with Gasteiger partial charge < -0.3 is 4.74 Å². The number of halogens is 2. The lowest BCUT2D eigenvalue weighted by Crippen LogP contribution is -1.98. The van der Waals surface area contributed by atoms with Gasteiger partial charge in [-0.15, -0.1) is 11.8 Å². The molecule has 2 nitrogen and oxygen atoms in total. The summed E-state index contributed by atoms with van der Waals surface area (Å²) in [6, 6.07) is 3.69. The molecule has 0 aliphatic heterocycles. The maximum atomic E-state index is 12.8. The molecule has 0 heterocycles. The second kappa shape index (κ2) is 7.06. The van der Waals surface area contributed by atoms with Gasteiger partial charge in [-0.2, -0.15) is 0 Å². The number of carbonyl (C=O) groups excluding carboxylic acids is 1. The molecule has 1 rings (SSSR count). The number of hydrogen-bond acceptors (Lipinski definition) is 3. The number of hydrogen-bond donors (Lipinski definition) is 0. The van der Waals surface area contributed by atoms with Gasteiger partial charge in [0.25, 0.3) is 0 Å². The topological polar surface area (TPSA) is 26.3 Å². The summed E-state index contributed by atoms with van der Waals surface area (Å²) < 4.78 is 30.1. The van der Waals surface area contributed by atoms with Crippen LogP contribution in [0.15, 0.2) is 35.2 Å². The smallest absolute Gasteiger partial charge is 0.330 e. The molecule has 0 bridgehead atoms. The molecule has 0 radical (unpaired) electrons. The van der Waals surface area contributed by atoms with Crippen LogP contribution in [0.3, 0.4) is 0 Å². The van der Waals surface area contributed by atoms with Gasteiger partial charge in [0.2, 0.25) is 0 Å². The molecule has 17 heavy (non-hydrogen) atoms. The fraction of sp³-hybridized carbons (Fsp3) is 0.250. The average Bonchev–Trinajstić information content (AvgIpc) is 2.29. The Morgan fingerprint density at radius 2 is 2.18 bits per heavy atom. The second-order valence-corrected chi connectivity index (χ2v) is 4.13. The highest BCUT2D eigenvalue weighted by molar-refractivity contribution is 7.99. The molecule has 0 aliphatic carbocycles. The highest BCUT2D eigenvalue weighted by Gasteiger charge is 2.02. The minimum atomic E-state index is -0.871. The third kappa shape index (κ3) is 4.99. The zero-order chi connectivity index (χ0) is 12.7. The van der Waals surface area contributed by atoms with Gasteiger partial charge in [-0.05, 0) is 25.1 Å². The largest absolute Gasteiger partial charge is 0.463 e. The van der Waals surface area contributed by atoms with Crippen molar-refractivity contribution in [3.05, 3.63) is 42.0 Å². The van der Waals surface area contributed by atoms with Gasteiger partial charge >= 0.3 is 5.97 Å². The van der Waals surface area contributed by atoms with Crippen molar-refractivity contribution >= 4 is 17.7 Å². The minimum Gasteiger partial charge on any atom is -0.463 e. The highest BCUT2D eigenvalue weighted by atomic mass is 32.2. The van der Waals surface area contributed by atoms with E-state index in [0.29, 0.717) is 17.3 Å². The summed E-state index contributed by atoms with van der Waals surface area (Å²) in [6.45, 7) is 2.06. The van der Waals surface area contributed by atoms with Crippen LogP contribution in [-0.4, -0.2) is 18.3 Å². The van der Waals surface area contributed by atoms with Crippen molar-refractivity contribution in [3.63, 3.8) is 0 Å². The summed E-state index contributed by atoms with van der Waals surface area (Å²) in [5.41, 5.74) is 0. The van der Waals surface area contributed by atoms with E-state index in [1.807, 2.05) is 0 Å². The Bertz CT molecular complexity index is 419. The third-order valence-electron chi connectivity index (χ3n) is 1.78. The molecule has 1 aromatic carbocycles. The number of carbonyl (C=O) groups is 1. The molecule has 92 valence electrons. The number of ether oxygens (including phenoxy) is 1. The van der Waals surface area contributed by atoms with E-state index >= 15 is 0 Å². The summed E-state index contributed by atoms with van der Waals surface area (Å²) in [6.07, 6.45) is 2.93. The van der Waals surface area contributed by atoms with Gasteiger partial charge in [0.1, 0.15) is 0 Å². The standard InChI is InChI=1S/C12H12F2O2S/c1-2-16-12(15)4-3-7-17-9-5-6-10(13)11(14)8-9/h3-6,8H,2,7H2,1H3/b4-3+. The molecule has 0 amide bonds. The first-order chi connectivity index (χ1) is 8.13. The fourth-order valence-electron chi connectivity index (χ4n) is 1.05. The van der Waals surface area contributed by atoms with Gasteiger partial charge in [-0.1, -0.05) is 6.08 Å². The molecule has 0 fully saturated rings. The maximum Gasteiger partial charge on any atom is 0.330 e. The van der Waals surface area contributed by atoms with E-state index in [2.05, 4.69) is 4.74 Å². The molecular formula is C12H12F2O2S. The van der Waals surface area contributed by atoms with E-state index in [1.54, 1.807) is 13.0 Å². The van der Waals surface area contributed by atoms with E-state index in [1.165, 1.54) is 23.9 Å². The van der Waals surface area contributed by atoms with E-state index in [-0.39, 0.29) is 0 Å². The SMILES string of the molecule is CCOC(=O)/C=C/CSc1ccc(F)c(F)c1. The average molecular weight is 258 g/mol. The van der Waals surface area contributed by atoms with E-state index in [9.17, 15) is 13.6 Å². The van der Waals surface area contributed by atoms with Crippen LogP contribution >= 0.6 is 11.8 Å². The van der Waals surface area contributed by atoms with Gasteiger partial charge in [-0.25, -0.2) is 13.6 Å². The highest BCUT2D eigenvalue weighted by Crippen LogP contribution is 2.20.